The maximum Gasteiger partial charge on any atom is 0.410 e. The fourth-order valence-electron chi connectivity index (χ4n) is 4.64. The summed E-state index contributed by atoms with van der Waals surface area (Å²) >= 11 is 0. The molecule has 11 nitrogen and oxygen atoms in total. The zero-order chi connectivity index (χ0) is 32.5. The van der Waals surface area contributed by atoms with Gasteiger partial charge in [-0.1, -0.05) is 0 Å². The Morgan fingerprint density at radius 3 is 2.38 bits per heavy atom. The lowest BCUT2D eigenvalue weighted by Crippen LogP contribution is -2.61. The van der Waals surface area contributed by atoms with E-state index in [0.29, 0.717) is 27.5 Å². The molecule has 1 fully saturated rings. The van der Waals surface area contributed by atoms with Crippen molar-refractivity contribution in [3.05, 3.63) is 60.6 Å². The van der Waals surface area contributed by atoms with Gasteiger partial charge in [-0.15, -0.1) is 0 Å². The van der Waals surface area contributed by atoms with E-state index in [-0.39, 0.29) is 36.1 Å². The van der Waals surface area contributed by atoms with Crippen molar-refractivity contribution in [2.45, 2.75) is 38.6 Å². The summed E-state index contributed by atoms with van der Waals surface area (Å²) in [4.78, 5) is 31.7. The minimum atomic E-state index is -4.71. The number of hydrogen-bond donors (Lipinski definition) is 2. The summed E-state index contributed by atoms with van der Waals surface area (Å²) in [5, 5.41) is 6.39. The molecule has 1 unspecified atom stereocenters. The smallest absolute Gasteiger partial charge is 0.410 e. The van der Waals surface area contributed by atoms with E-state index in [2.05, 4.69) is 30.6 Å². The van der Waals surface area contributed by atoms with Crippen LogP contribution in [-0.2, 0) is 4.74 Å². The normalized spacial score (nSPS) is 15.6. The van der Waals surface area contributed by atoms with Crippen LogP contribution in [0.25, 0.3) is 10.9 Å². The van der Waals surface area contributed by atoms with Crippen molar-refractivity contribution in [3.63, 3.8) is 0 Å². The van der Waals surface area contributed by atoms with Gasteiger partial charge in [-0.25, -0.2) is 23.5 Å². The predicted octanol–water partition coefficient (Wildman–Crippen LogP) is 6.18. The molecule has 1 amide bonds. The van der Waals surface area contributed by atoms with Crippen molar-refractivity contribution >= 4 is 46.0 Å². The Balaban J connectivity index is 1.31. The second-order valence-electron chi connectivity index (χ2n) is 11.1. The molecule has 1 saturated heterocycles. The molecule has 4 heterocycles. The molecule has 5 rings (SSSR count). The number of piperazine rings is 1. The highest BCUT2D eigenvalue weighted by atomic mass is 19.4. The molecule has 3 aromatic heterocycles. The molecule has 238 valence electrons. The van der Waals surface area contributed by atoms with Crippen LogP contribution in [0.3, 0.4) is 0 Å². The third kappa shape index (κ3) is 7.38. The van der Waals surface area contributed by atoms with Crippen LogP contribution >= 0.6 is 0 Å². The Kier molecular flexibility index (Phi) is 8.49. The lowest BCUT2D eigenvalue weighted by atomic mass is 10.1. The van der Waals surface area contributed by atoms with Gasteiger partial charge in [0.2, 0.25) is 5.95 Å². The molecular weight excluding hydrogens is 603 g/mol. The molecule has 1 atom stereocenters. The van der Waals surface area contributed by atoms with Gasteiger partial charge in [0.15, 0.2) is 23.2 Å². The monoisotopic (exact) mass is 632 g/mol. The van der Waals surface area contributed by atoms with Gasteiger partial charge < -0.3 is 25.0 Å². The van der Waals surface area contributed by atoms with Gasteiger partial charge in [0.05, 0.1) is 36.4 Å². The average molecular weight is 633 g/mol. The fourth-order valence-corrected chi connectivity index (χ4v) is 4.64. The molecule has 0 aliphatic carbocycles. The zero-order valence-corrected chi connectivity index (χ0v) is 24.6. The highest BCUT2D eigenvalue weighted by molar-refractivity contribution is 5.82. The van der Waals surface area contributed by atoms with Crippen LogP contribution in [-0.4, -0.2) is 75.5 Å². The van der Waals surface area contributed by atoms with Crippen LogP contribution in [0.5, 0.6) is 5.75 Å². The molecule has 1 aliphatic heterocycles. The number of carbonyl (C=O) groups excluding carboxylic acids is 1. The van der Waals surface area contributed by atoms with Gasteiger partial charge in [0.1, 0.15) is 17.5 Å². The summed E-state index contributed by atoms with van der Waals surface area (Å²) in [5.41, 5.74) is 0.188. The third-order valence-electron chi connectivity index (χ3n) is 6.65. The number of nitrogens with zero attached hydrogens (tertiary/aromatic N) is 6. The van der Waals surface area contributed by atoms with E-state index in [4.69, 9.17) is 9.47 Å². The molecule has 4 aromatic rings. The van der Waals surface area contributed by atoms with Gasteiger partial charge in [-0.3, -0.25) is 9.88 Å². The predicted molar refractivity (Wildman–Crippen MR) is 156 cm³/mol. The Bertz CT molecular complexity index is 1720. The first kappa shape index (κ1) is 31.4. The van der Waals surface area contributed by atoms with Crippen molar-refractivity contribution in [2.24, 2.45) is 0 Å². The van der Waals surface area contributed by atoms with E-state index in [1.807, 2.05) is 0 Å². The second-order valence-corrected chi connectivity index (χ2v) is 11.1. The van der Waals surface area contributed by atoms with E-state index in [1.54, 1.807) is 32.9 Å². The van der Waals surface area contributed by atoms with Crippen LogP contribution in [0.15, 0.2) is 48.9 Å². The van der Waals surface area contributed by atoms with Crippen LogP contribution in [0.1, 0.15) is 20.8 Å². The Labute approximate surface area is 254 Å². The molecule has 0 saturated carbocycles. The number of alkyl halides is 3. The maximum absolute atomic E-state index is 14.0. The quantitative estimate of drug-likeness (QED) is 0.239. The van der Waals surface area contributed by atoms with Gasteiger partial charge in [-0.2, -0.15) is 18.2 Å². The number of aromatic nitrogens is 4. The van der Waals surface area contributed by atoms with Gasteiger partial charge in [-0.05, 0) is 39.0 Å². The topological polar surface area (TPSA) is 118 Å². The number of fused-ring (bicyclic) bond motifs is 1. The van der Waals surface area contributed by atoms with Gasteiger partial charge in [0, 0.05) is 43.4 Å². The molecular formula is C29H29F5N8O3. The molecule has 0 spiro atoms. The molecule has 16 heteroatoms. The van der Waals surface area contributed by atoms with Crippen LogP contribution < -0.4 is 20.3 Å². The number of halogens is 5. The van der Waals surface area contributed by atoms with Crippen molar-refractivity contribution < 1.29 is 36.2 Å². The van der Waals surface area contributed by atoms with E-state index < -0.39 is 42.1 Å². The maximum atomic E-state index is 14.0. The van der Waals surface area contributed by atoms with Crippen molar-refractivity contribution in [1.82, 2.24) is 24.8 Å². The van der Waals surface area contributed by atoms with Crippen LogP contribution in [0.4, 0.5) is 55.7 Å². The van der Waals surface area contributed by atoms with Gasteiger partial charge >= 0.3 is 12.3 Å². The standard InChI is InChI=1S/C29H29F5N8O3/c1-28(2,3)45-27(43)42-8-7-41(15-23(42)29(32,33)34)25-22(44-4)11-18(14-37-25)39-26-35-6-5-24(40-26)38-17-9-16-10-19(30)20(31)12-21(16)36-13-17/h5-6,9-14,23H,7-8,15H2,1-4H3,(H2,35,38,39,40). The highest BCUT2D eigenvalue weighted by Gasteiger charge is 2.49. The van der Waals surface area contributed by atoms with Crippen LogP contribution in [0, 0.1) is 11.6 Å². The SMILES string of the molecule is COc1cc(Nc2nccc(Nc3cnc4cc(F)c(F)cc4c3)n2)cnc1N1CCN(C(=O)OC(C)(C)C)C(C(F)(F)F)C1. The minimum absolute atomic E-state index is 0.0595. The first-order valence-electron chi connectivity index (χ1n) is 13.7. The fraction of sp³-hybridized carbons (Fsp3) is 0.345. The van der Waals surface area contributed by atoms with Crippen molar-refractivity contribution in [1.29, 1.82) is 0 Å². The largest absolute Gasteiger partial charge is 0.493 e. The van der Waals surface area contributed by atoms with E-state index in [0.717, 1.165) is 12.1 Å². The minimum Gasteiger partial charge on any atom is -0.493 e. The van der Waals surface area contributed by atoms with E-state index in [1.165, 1.54) is 36.7 Å². The van der Waals surface area contributed by atoms with Crippen molar-refractivity contribution in [2.75, 3.05) is 42.3 Å². The lowest BCUT2D eigenvalue weighted by molar-refractivity contribution is -0.181. The number of methoxy groups -OCH3 is 1. The van der Waals surface area contributed by atoms with Crippen LogP contribution in [0.2, 0.25) is 0 Å². The van der Waals surface area contributed by atoms with Crippen molar-refractivity contribution in [3.8, 4) is 5.75 Å². The average Bonchev–Trinajstić information content (AvgIpc) is 2.96. The summed E-state index contributed by atoms with van der Waals surface area (Å²) < 4.78 is 80.0. The Hall–Kier alpha value is -5.02. The summed E-state index contributed by atoms with van der Waals surface area (Å²) in [6.07, 6.45) is -1.44. The number of nitrogens with one attached hydrogen (secondary N) is 2. The number of rotatable bonds is 6. The molecule has 0 radical (unpaired) electrons. The number of pyridine rings is 2. The Morgan fingerprint density at radius 1 is 0.956 bits per heavy atom. The summed E-state index contributed by atoms with van der Waals surface area (Å²) in [6, 6.07) is 4.64. The first-order chi connectivity index (χ1) is 21.2. The molecule has 0 bridgehead atoms. The molecule has 2 N–H and O–H groups in total. The number of hydrogen-bond acceptors (Lipinski definition) is 10. The molecule has 1 aliphatic rings. The number of benzene rings is 1. The third-order valence-corrected chi connectivity index (χ3v) is 6.65. The second kappa shape index (κ2) is 12.2. The summed E-state index contributed by atoms with van der Waals surface area (Å²) in [7, 11) is 1.36. The first-order valence-corrected chi connectivity index (χ1v) is 13.7. The summed E-state index contributed by atoms with van der Waals surface area (Å²) in [5.74, 6) is -1.12. The zero-order valence-electron chi connectivity index (χ0n) is 24.6. The van der Waals surface area contributed by atoms with E-state index in [9.17, 15) is 26.7 Å². The van der Waals surface area contributed by atoms with E-state index >= 15 is 0 Å². The Morgan fingerprint density at radius 2 is 1.67 bits per heavy atom. The number of anilines is 5. The number of ether oxygens (including phenoxy) is 2. The molecule has 1 aromatic carbocycles. The number of carbonyl (C=O) groups is 1. The lowest BCUT2D eigenvalue weighted by Gasteiger charge is -2.42. The molecule has 45 heavy (non-hydrogen) atoms. The highest BCUT2D eigenvalue weighted by Crippen LogP contribution is 2.35. The summed E-state index contributed by atoms with van der Waals surface area (Å²) in [6.45, 7) is 4.01. The van der Waals surface area contributed by atoms with Gasteiger partial charge in [0.25, 0.3) is 0 Å². The number of amides is 1.